The SMILES string of the molecule is CC(NC(=O)OC(C)(C)C)C(=O)NC1CN(C(C)(C)C)C(C)(CCCCB2OC(C)(C)C(C)(C)O2)C1. The Balaban J connectivity index is 1.91. The molecule has 3 unspecified atom stereocenters. The summed E-state index contributed by atoms with van der Waals surface area (Å²) in [6.07, 6.45) is 4.28. The van der Waals surface area contributed by atoms with Crippen LogP contribution in [-0.4, -0.2) is 70.5 Å². The van der Waals surface area contributed by atoms with E-state index in [1.54, 1.807) is 27.7 Å². The van der Waals surface area contributed by atoms with Crippen LogP contribution in [0.3, 0.4) is 0 Å². The summed E-state index contributed by atoms with van der Waals surface area (Å²) >= 11 is 0. The molecule has 0 radical (unpaired) electrons. The van der Waals surface area contributed by atoms with Crippen molar-refractivity contribution in [1.29, 1.82) is 0 Å². The topological polar surface area (TPSA) is 89.1 Å². The van der Waals surface area contributed by atoms with Gasteiger partial charge in [-0.1, -0.05) is 12.8 Å². The predicted octanol–water partition coefficient (Wildman–Crippen LogP) is 4.91. The van der Waals surface area contributed by atoms with Gasteiger partial charge in [-0.2, -0.15) is 0 Å². The highest BCUT2D eigenvalue weighted by Crippen LogP contribution is 2.41. The number of rotatable bonds is 8. The van der Waals surface area contributed by atoms with Crippen molar-refractivity contribution >= 4 is 19.1 Å². The van der Waals surface area contributed by atoms with Crippen molar-refractivity contribution in [1.82, 2.24) is 15.5 Å². The fourth-order valence-electron chi connectivity index (χ4n) is 5.34. The Morgan fingerprint density at radius 3 is 2.08 bits per heavy atom. The zero-order chi connectivity index (χ0) is 27.7. The molecule has 0 aromatic carbocycles. The zero-order valence-corrected chi connectivity index (χ0v) is 25.0. The molecule has 2 heterocycles. The molecule has 3 atom stereocenters. The van der Waals surface area contributed by atoms with E-state index < -0.39 is 17.7 Å². The highest BCUT2D eigenvalue weighted by molar-refractivity contribution is 6.45. The molecule has 9 heteroatoms. The molecule has 0 bridgehead atoms. The van der Waals surface area contributed by atoms with Gasteiger partial charge in [0.25, 0.3) is 0 Å². The molecule has 0 spiro atoms. The van der Waals surface area contributed by atoms with E-state index in [0.717, 1.165) is 38.5 Å². The number of carbonyl (C=O) groups is 2. The van der Waals surface area contributed by atoms with E-state index in [2.05, 4.69) is 70.9 Å². The molecule has 36 heavy (non-hydrogen) atoms. The number of likely N-dealkylation sites (tertiary alicyclic amines) is 1. The third-order valence-electron chi connectivity index (χ3n) is 7.73. The van der Waals surface area contributed by atoms with Crippen LogP contribution in [0.4, 0.5) is 4.79 Å². The Bertz CT molecular complexity index is 773. The van der Waals surface area contributed by atoms with E-state index in [4.69, 9.17) is 14.0 Å². The molecule has 0 aromatic heterocycles. The first kappa shape index (κ1) is 30.9. The maximum Gasteiger partial charge on any atom is 0.457 e. The molecular formula is C27H52BN3O5. The lowest BCUT2D eigenvalue weighted by molar-refractivity contribution is -0.123. The van der Waals surface area contributed by atoms with Crippen molar-refractivity contribution in [3.8, 4) is 0 Å². The fraction of sp³-hybridized carbons (Fsp3) is 0.926. The predicted molar refractivity (Wildman–Crippen MR) is 145 cm³/mol. The number of carbonyl (C=O) groups excluding carboxylic acids is 2. The number of hydrogen-bond acceptors (Lipinski definition) is 6. The highest BCUT2D eigenvalue weighted by Gasteiger charge is 2.51. The molecule has 2 saturated heterocycles. The monoisotopic (exact) mass is 509 g/mol. The molecule has 2 rings (SSSR count). The summed E-state index contributed by atoms with van der Waals surface area (Å²) in [5.41, 5.74) is -1.25. The number of hydrogen-bond donors (Lipinski definition) is 2. The minimum absolute atomic E-state index is 0.0210. The average Bonchev–Trinajstić information content (AvgIpc) is 3.09. The first-order chi connectivity index (χ1) is 16.2. The van der Waals surface area contributed by atoms with Gasteiger partial charge < -0.3 is 24.7 Å². The summed E-state index contributed by atoms with van der Waals surface area (Å²) in [6, 6.07) is -0.651. The number of alkyl carbamates (subject to hydrolysis) is 1. The molecule has 2 fully saturated rings. The Hall–Kier alpha value is -1.32. The van der Waals surface area contributed by atoms with Crippen LogP contribution in [-0.2, 0) is 18.8 Å². The van der Waals surface area contributed by atoms with Crippen molar-refractivity contribution in [2.24, 2.45) is 0 Å². The van der Waals surface area contributed by atoms with Gasteiger partial charge in [0.15, 0.2) is 0 Å². The summed E-state index contributed by atoms with van der Waals surface area (Å²) < 4.78 is 17.6. The molecular weight excluding hydrogens is 457 g/mol. The summed E-state index contributed by atoms with van der Waals surface area (Å²) in [7, 11) is -0.156. The average molecular weight is 510 g/mol. The second-order valence-electron chi connectivity index (χ2n) is 14.0. The van der Waals surface area contributed by atoms with E-state index in [-0.39, 0.29) is 41.3 Å². The molecule has 0 aromatic rings. The van der Waals surface area contributed by atoms with Crippen molar-refractivity contribution < 1.29 is 23.6 Å². The number of unbranched alkanes of at least 4 members (excludes halogenated alkanes) is 1. The first-order valence-electron chi connectivity index (χ1n) is 13.6. The van der Waals surface area contributed by atoms with Gasteiger partial charge in [-0.25, -0.2) is 4.79 Å². The summed E-state index contributed by atoms with van der Waals surface area (Å²) in [5.74, 6) is -0.190. The van der Waals surface area contributed by atoms with Crippen LogP contribution < -0.4 is 10.6 Å². The molecule has 2 aliphatic heterocycles. The number of nitrogens with zero attached hydrogens (tertiary/aromatic N) is 1. The molecule has 2 N–H and O–H groups in total. The van der Waals surface area contributed by atoms with Crippen LogP contribution in [0, 0.1) is 0 Å². The molecule has 8 nitrogen and oxygen atoms in total. The van der Waals surface area contributed by atoms with Crippen molar-refractivity contribution in [3.05, 3.63) is 0 Å². The maximum absolute atomic E-state index is 12.9. The van der Waals surface area contributed by atoms with Gasteiger partial charge in [-0.05, 0) is 102 Å². The standard InChI is InChI=1S/C27H52BN3O5/c1-19(29-22(33)34-24(5,6)7)21(32)30-20-17-27(12,31(18-20)23(2,3)4)15-13-14-16-28-35-25(8,9)26(10,11)36-28/h19-20H,13-18H2,1-12H3,(H,29,33)(H,30,32). The second-order valence-corrected chi connectivity index (χ2v) is 14.0. The van der Waals surface area contributed by atoms with Crippen molar-refractivity contribution in [2.75, 3.05) is 6.54 Å². The lowest BCUT2D eigenvalue weighted by Gasteiger charge is -2.44. The van der Waals surface area contributed by atoms with Gasteiger partial charge >= 0.3 is 13.2 Å². The van der Waals surface area contributed by atoms with Crippen LogP contribution in [0.15, 0.2) is 0 Å². The van der Waals surface area contributed by atoms with E-state index in [0.29, 0.717) is 0 Å². The third kappa shape index (κ3) is 8.09. The zero-order valence-electron chi connectivity index (χ0n) is 25.0. The van der Waals surface area contributed by atoms with E-state index >= 15 is 0 Å². The van der Waals surface area contributed by atoms with Gasteiger partial charge in [0.2, 0.25) is 5.91 Å². The number of ether oxygens (including phenoxy) is 1. The van der Waals surface area contributed by atoms with Gasteiger partial charge in [0, 0.05) is 23.7 Å². The van der Waals surface area contributed by atoms with E-state index in [1.165, 1.54) is 0 Å². The molecule has 2 aliphatic rings. The minimum atomic E-state index is -0.672. The summed E-state index contributed by atoms with van der Waals surface area (Å²) in [4.78, 5) is 27.4. The van der Waals surface area contributed by atoms with Gasteiger partial charge in [-0.3, -0.25) is 9.69 Å². The Labute approximate surface area is 220 Å². The minimum Gasteiger partial charge on any atom is -0.444 e. The largest absolute Gasteiger partial charge is 0.457 e. The van der Waals surface area contributed by atoms with Crippen LogP contribution in [0.1, 0.15) is 109 Å². The Morgan fingerprint density at radius 2 is 1.58 bits per heavy atom. The number of nitrogens with one attached hydrogen (secondary N) is 2. The maximum atomic E-state index is 12.9. The van der Waals surface area contributed by atoms with Crippen LogP contribution in [0.5, 0.6) is 0 Å². The smallest absolute Gasteiger partial charge is 0.444 e. The first-order valence-corrected chi connectivity index (χ1v) is 13.6. The van der Waals surface area contributed by atoms with Crippen molar-refractivity contribution in [3.63, 3.8) is 0 Å². The molecule has 2 amide bonds. The lowest BCUT2D eigenvalue weighted by Crippen LogP contribution is -2.52. The molecule has 0 aliphatic carbocycles. The van der Waals surface area contributed by atoms with E-state index in [9.17, 15) is 9.59 Å². The van der Waals surface area contributed by atoms with Crippen LogP contribution in [0.25, 0.3) is 0 Å². The van der Waals surface area contributed by atoms with Crippen LogP contribution >= 0.6 is 0 Å². The molecule has 208 valence electrons. The van der Waals surface area contributed by atoms with Gasteiger partial charge in [0.1, 0.15) is 11.6 Å². The van der Waals surface area contributed by atoms with Gasteiger partial charge in [-0.15, -0.1) is 0 Å². The quantitative estimate of drug-likeness (QED) is 0.357. The van der Waals surface area contributed by atoms with Crippen LogP contribution in [0.2, 0.25) is 6.32 Å². The summed E-state index contributed by atoms with van der Waals surface area (Å²) in [5, 5.41) is 5.81. The lowest BCUT2D eigenvalue weighted by atomic mass is 9.80. The van der Waals surface area contributed by atoms with E-state index in [1.807, 2.05) is 0 Å². The summed E-state index contributed by atoms with van der Waals surface area (Å²) in [6.45, 7) is 25.2. The fourth-order valence-corrected chi connectivity index (χ4v) is 5.34. The third-order valence-corrected chi connectivity index (χ3v) is 7.73. The van der Waals surface area contributed by atoms with Crippen molar-refractivity contribution in [2.45, 2.75) is 155 Å². The van der Waals surface area contributed by atoms with Gasteiger partial charge in [0.05, 0.1) is 11.2 Å². The Kier molecular flexibility index (Phi) is 9.28. The highest BCUT2D eigenvalue weighted by atomic mass is 16.7. The molecule has 0 saturated carbocycles. The number of amides is 2. The Morgan fingerprint density at radius 1 is 1.03 bits per heavy atom. The normalized spacial score (nSPS) is 27.1. The second kappa shape index (κ2) is 10.8.